The molecule has 0 radical (unpaired) electrons. The van der Waals surface area contributed by atoms with Gasteiger partial charge in [-0.2, -0.15) is 0 Å². The van der Waals surface area contributed by atoms with E-state index in [1.54, 1.807) is 20.4 Å². The smallest absolute Gasteiger partial charge is 0.328 e. The first-order valence-corrected chi connectivity index (χ1v) is 6.73. The number of carboxylic acids is 1. The van der Waals surface area contributed by atoms with Crippen LogP contribution in [-0.2, 0) is 14.3 Å². The van der Waals surface area contributed by atoms with Gasteiger partial charge in [0.15, 0.2) is 0 Å². The minimum Gasteiger partial charge on any atom is -0.478 e. The van der Waals surface area contributed by atoms with Gasteiger partial charge >= 0.3 is 5.97 Å². The van der Waals surface area contributed by atoms with Crippen LogP contribution in [0.3, 0.4) is 0 Å². The van der Waals surface area contributed by atoms with Crippen molar-refractivity contribution in [2.75, 3.05) is 32.2 Å². The number of anilines is 1. The highest BCUT2D eigenvalue weighted by molar-refractivity contribution is 5.85. The number of ether oxygens (including phenoxy) is 2. The minimum absolute atomic E-state index is 0.0304. The third kappa shape index (κ3) is 3.59. The fraction of sp³-hybridized carbons (Fsp3) is 0.467. The standard InChI is InChI=1S/C15H20N2O4/c1-10-6-11(4-5-14(18)19)7-16-15(10)17-8-12(20-2)13(9-17)21-3/h4-7,12-13H,8-9H2,1-3H3,(H,18,19)/b5-4+. The van der Waals surface area contributed by atoms with Crippen LogP contribution in [0, 0.1) is 6.92 Å². The molecule has 2 heterocycles. The van der Waals surface area contributed by atoms with Crippen LogP contribution in [0.4, 0.5) is 5.82 Å². The molecule has 0 aromatic carbocycles. The number of pyridine rings is 1. The molecule has 0 saturated carbocycles. The Morgan fingerprint density at radius 1 is 1.38 bits per heavy atom. The van der Waals surface area contributed by atoms with Gasteiger partial charge in [0.1, 0.15) is 18.0 Å². The summed E-state index contributed by atoms with van der Waals surface area (Å²) in [5.41, 5.74) is 1.76. The van der Waals surface area contributed by atoms with Crippen molar-refractivity contribution in [1.29, 1.82) is 0 Å². The highest BCUT2D eigenvalue weighted by Crippen LogP contribution is 2.25. The van der Waals surface area contributed by atoms with E-state index in [2.05, 4.69) is 9.88 Å². The van der Waals surface area contributed by atoms with Gasteiger partial charge in [0.2, 0.25) is 0 Å². The molecule has 0 amide bonds. The Morgan fingerprint density at radius 3 is 2.48 bits per heavy atom. The van der Waals surface area contributed by atoms with Gasteiger partial charge in [-0.25, -0.2) is 9.78 Å². The number of aromatic nitrogens is 1. The van der Waals surface area contributed by atoms with Crippen molar-refractivity contribution < 1.29 is 19.4 Å². The van der Waals surface area contributed by atoms with Crippen LogP contribution in [0.15, 0.2) is 18.3 Å². The lowest BCUT2D eigenvalue weighted by Gasteiger charge is -2.19. The highest BCUT2D eigenvalue weighted by atomic mass is 16.5. The fourth-order valence-corrected chi connectivity index (χ4v) is 2.55. The molecular formula is C15H20N2O4. The molecule has 1 aliphatic rings. The second-order valence-electron chi connectivity index (χ2n) is 5.03. The lowest BCUT2D eigenvalue weighted by atomic mass is 10.2. The number of methoxy groups -OCH3 is 2. The zero-order chi connectivity index (χ0) is 15.4. The molecule has 1 N–H and O–H groups in total. The maximum atomic E-state index is 10.5. The summed E-state index contributed by atoms with van der Waals surface area (Å²) in [5.74, 6) is -0.0915. The number of carbonyl (C=O) groups is 1. The number of carboxylic acid groups (broad SMARTS) is 1. The van der Waals surface area contributed by atoms with Crippen LogP contribution in [0.5, 0.6) is 0 Å². The number of hydrogen-bond donors (Lipinski definition) is 1. The third-order valence-corrected chi connectivity index (χ3v) is 3.61. The molecule has 2 rings (SSSR count). The molecule has 1 aromatic heterocycles. The number of aliphatic carboxylic acids is 1. The summed E-state index contributed by atoms with van der Waals surface area (Å²) in [6.07, 6.45) is 4.37. The van der Waals surface area contributed by atoms with E-state index in [4.69, 9.17) is 14.6 Å². The Labute approximate surface area is 124 Å². The average Bonchev–Trinajstić information content (AvgIpc) is 2.88. The van der Waals surface area contributed by atoms with E-state index in [1.165, 1.54) is 6.08 Å². The summed E-state index contributed by atoms with van der Waals surface area (Å²) in [6.45, 7) is 3.42. The van der Waals surface area contributed by atoms with E-state index < -0.39 is 5.97 Å². The van der Waals surface area contributed by atoms with Crippen LogP contribution >= 0.6 is 0 Å². The van der Waals surface area contributed by atoms with Gasteiger partial charge in [-0.1, -0.05) is 0 Å². The Bertz CT molecular complexity index is 532. The first-order chi connectivity index (χ1) is 10.0. The number of rotatable bonds is 5. The topological polar surface area (TPSA) is 71.9 Å². The van der Waals surface area contributed by atoms with Crippen LogP contribution < -0.4 is 4.90 Å². The number of aryl methyl sites for hydroxylation is 1. The van der Waals surface area contributed by atoms with Crippen LogP contribution in [0.25, 0.3) is 6.08 Å². The number of hydrogen-bond acceptors (Lipinski definition) is 5. The zero-order valence-corrected chi connectivity index (χ0v) is 12.4. The lowest BCUT2D eigenvalue weighted by Crippen LogP contribution is -2.27. The summed E-state index contributed by atoms with van der Waals surface area (Å²) in [4.78, 5) is 17.1. The van der Waals surface area contributed by atoms with E-state index in [0.29, 0.717) is 0 Å². The van der Waals surface area contributed by atoms with Gasteiger partial charge in [0.05, 0.1) is 0 Å². The SMILES string of the molecule is COC1CN(c2ncc(/C=C/C(=O)O)cc2C)CC1OC. The van der Waals surface area contributed by atoms with E-state index in [0.717, 1.165) is 36.1 Å². The summed E-state index contributed by atoms with van der Waals surface area (Å²) in [5, 5.41) is 8.64. The van der Waals surface area contributed by atoms with Crippen molar-refractivity contribution in [2.45, 2.75) is 19.1 Å². The molecular weight excluding hydrogens is 272 g/mol. The minimum atomic E-state index is -0.970. The van der Waals surface area contributed by atoms with Gasteiger partial charge in [-0.05, 0) is 30.2 Å². The summed E-state index contributed by atoms with van der Waals surface area (Å²) in [6, 6.07) is 1.92. The second-order valence-corrected chi connectivity index (χ2v) is 5.03. The molecule has 1 fully saturated rings. The highest BCUT2D eigenvalue weighted by Gasteiger charge is 2.34. The molecule has 114 valence electrons. The van der Waals surface area contributed by atoms with Crippen molar-refractivity contribution in [1.82, 2.24) is 4.98 Å². The van der Waals surface area contributed by atoms with Crippen molar-refractivity contribution >= 4 is 17.9 Å². The van der Waals surface area contributed by atoms with Crippen molar-refractivity contribution in [3.63, 3.8) is 0 Å². The third-order valence-electron chi connectivity index (χ3n) is 3.61. The van der Waals surface area contributed by atoms with Crippen molar-refractivity contribution in [3.8, 4) is 0 Å². The molecule has 6 nitrogen and oxygen atoms in total. The second kappa shape index (κ2) is 6.69. The average molecular weight is 292 g/mol. The van der Waals surface area contributed by atoms with Crippen molar-refractivity contribution in [2.24, 2.45) is 0 Å². The van der Waals surface area contributed by atoms with Crippen LogP contribution in [0.1, 0.15) is 11.1 Å². The van der Waals surface area contributed by atoms with E-state index >= 15 is 0 Å². The quantitative estimate of drug-likeness (QED) is 0.826. The van der Waals surface area contributed by atoms with Gasteiger partial charge < -0.3 is 19.5 Å². The Morgan fingerprint density at radius 2 is 2.00 bits per heavy atom. The molecule has 0 bridgehead atoms. The molecule has 0 aliphatic carbocycles. The summed E-state index contributed by atoms with van der Waals surface area (Å²) < 4.78 is 10.8. The Balaban J connectivity index is 2.16. The number of nitrogens with zero attached hydrogens (tertiary/aromatic N) is 2. The summed E-state index contributed by atoms with van der Waals surface area (Å²) in [7, 11) is 3.36. The molecule has 21 heavy (non-hydrogen) atoms. The predicted octanol–water partition coefficient (Wildman–Crippen LogP) is 1.34. The Kier molecular flexibility index (Phi) is 4.93. The largest absolute Gasteiger partial charge is 0.478 e. The molecule has 0 spiro atoms. The van der Waals surface area contributed by atoms with Gasteiger partial charge in [-0.3, -0.25) is 0 Å². The van der Waals surface area contributed by atoms with Gasteiger partial charge in [-0.15, -0.1) is 0 Å². The maximum absolute atomic E-state index is 10.5. The fourth-order valence-electron chi connectivity index (χ4n) is 2.55. The molecule has 2 unspecified atom stereocenters. The van der Waals surface area contributed by atoms with E-state index in [1.807, 2.05) is 13.0 Å². The van der Waals surface area contributed by atoms with Crippen LogP contribution in [-0.4, -0.2) is 55.6 Å². The molecule has 1 saturated heterocycles. The molecule has 2 atom stereocenters. The zero-order valence-electron chi connectivity index (χ0n) is 12.4. The van der Waals surface area contributed by atoms with Crippen LogP contribution in [0.2, 0.25) is 0 Å². The first kappa shape index (κ1) is 15.5. The molecule has 1 aliphatic heterocycles. The molecule has 1 aromatic rings. The van der Waals surface area contributed by atoms with Gasteiger partial charge in [0, 0.05) is 39.6 Å². The van der Waals surface area contributed by atoms with E-state index in [9.17, 15) is 4.79 Å². The first-order valence-electron chi connectivity index (χ1n) is 6.73. The van der Waals surface area contributed by atoms with Gasteiger partial charge in [0.25, 0.3) is 0 Å². The maximum Gasteiger partial charge on any atom is 0.328 e. The summed E-state index contributed by atoms with van der Waals surface area (Å²) >= 11 is 0. The Hall–Kier alpha value is -1.92. The van der Waals surface area contributed by atoms with E-state index in [-0.39, 0.29) is 12.2 Å². The monoisotopic (exact) mass is 292 g/mol. The molecule has 6 heteroatoms. The predicted molar refractivity (Wildman–Crippen MR) is 79.5 cm³/mol. The normalized spacial score (nSPS) is 22.1. The lowest BCUT2D eigenvalue weighted by molar-refractivity contribution is -0.131. The van der Waals surface area contributed by atoms with Crippen molar-refractivity contribution in [3.05, 3.63) is 29.5 Å².